The van der Waals surface area contributed by atoms with Gasteiger partial charge in [-0.25, -0.2) is 4.98 Å². The minimum atomic E-state index is 0. The average Bonchev–Trinajstić information content (AvgIpc) is 3.28. The second-order valence-corrected chi connectivity index (χ2v) is 10.0. The van der Waals surface area contributed by atoms with E-state index in [0.717, 1.165) is 62.2 Å². The van der Waals surface area contributed by atoms with E-state index < -0.39 is 0 Å². The molecule has 0 atom stereocenters. The first kappa shape index (κ1) is 27.6. The zero-order valence-corrected chi connectivity index (χ0v) is 22.6. The van der Waals surface area contributed by atoms with Crippen molar-refractivity contribution in [3.63, 3.8) is 0 Å². The fourth-order valence-electron chi connectivity index (χ4n) is 5.51. The van der Waals surface area contributed by atoms with Crippen LogP contribution in [0.15, 0.2) is 41.1 Å². The molecule has 0 bridgehead atoms. The van der Waals surface area contributed by atoms with Crippen LogP contribution in [0.25, 0.3) is 11.0 Å². The number of hydrogen-bond acceptors (Lipinski definition) is 6. The van der Waals surface area contributed by atoms with Crippen molar-refractivity contribution in [3.8, 4) is 0 Å². The predicted molar refractivity (Wildman–Crippen MR) is 149 cm³/mol. The summed E-state index contributed by atoms with van der Waals surface area (Å²) in [6, 6.07) is 10.8. The van der Waals surface area contributed by atoms with Crippen molar-refractivity contribution in [1.29, 1.82) is 0 Å². The van der Waals surface area contributed by atoms with Crippen LogP contribution in [0.4, 0.5) is 11.5 Å². The Hall–Kier alpha value is -2.02. The number of aryl methyl sites for hydroxylation is 1. The van der Waals surface area contributed by atoms with Crippen LogP contribution in [0.3, 0.4) is 0 Å². The predicted octanol–water partition coefficient (Wildman–Crippen LogP) is 5.97. The number of piperidine rings is 2. The molecule has 2 aliphatic rings. The van der Waals surface area contributed by atoms with E-state index in [4.69, 9.17) is 4.52 Å². The molecule has 2 saturated heterocycles. The second-order valence-electron chi connectivity index (χ2n) is 10.0. The maximum atomic E-state index is 6.01. The Kier molecular flexibility index (Phi) is 10.1. The van der Waals surface area contributed by atoms with Gasteiger partial charge < -0.3 is 19.2 Å². The van der Waals surface area contributed by atoms with Crippen molar-refractivity contribution >= 4 is 47.3 Å². The van der Waals surface area contributed by atoms with Crippen molar-refractivity contribution in [2.24, 2.45) is 5.92 Å². The van der Waals surface area contributed by atoms with Gasteiger partial charge in [0.25, 0.3) is 0 Å². The van der Waals surface area contributed by atoms with Gasteiger partial charge >= 0.3 is 0 Å². The van der Waals surface area contributed by atoms with E-state index in [1.54, 1.807) is 0 Å². The minimum absolute atomic E-state index is 0. The van der Waals surface area contributed by atoms with Crippen molar-refractivity contribution in [2.45, 2.75) is 51.5 Å². The number of anilines is 2. The molecule has 35 heavy (non-hydrogen) atoms. The van der Waals surface area contributed by atoms with Gasteiger partial charge in [-0.1, -0.05) is 11.2 Å². The highest BCUT2D eigenvalue weighted by Gasteiger charge is 2.23. The number of aromatic nitrogens is 2. The van der Waals surface area contributed by atoms with E-state index >= 15 is 0 Å². The van der Waals surface area contributed by atoms with E-state index in [9.17, 15) is 0 Å². The molecule has 0 unspecified atom stereocenters. The smallest absolute Gasteiger partial charge is 0.173 e. The van der Waals surface area contributed by atoms with Crippen LogP contribution >= 0.6 is 24.8 Å². The lowest BCUT2D eigenvalue weighted by Gasteiger charge is -2.32. The van der Waals surface area contributed by atoms with Gasteiger partial charge in [0.15, 0.2) is 5.58 Å². The van der Waals surface area contributed by atoms with Crippen LogP contribution in [0, 0.1) is 5.92 Å². The summed E-state index contributed by atoms with van der Waals surface area (Å²) in [6.07, 6.45) is 10.4. The monoisotopic (exact) mass is 519 g/mol. The molecule has 1 aromatic carbocycles. The number of fused-ring (bicyclic) bond motifs is 1. The van der Waals surface area contributed by atoms with Crippen LogP contribution in [0.1, 0.15) is 49.8 Å². The second kappa shape index (κ2) is 12.8. The Bertz CT molecular complexity index is 1040. The first-order valence-electron chi connectivity index (χ1n) is 12.6. The Balaban J connectivity index is 0.00000171. The summed E-state index contributed by atoms with van der Waals surface area (Å²) >= 11 is 0. The molecule has 6 nitrogen and oxygen atoms in total. The lowest BCUT2D eigenvalue weighted by Crippen LogP contribution is -2.34. The summed E-state index contributed by atoms with van der Waals surface area (Å²) < 4.78 is 6.01. The lowest BCUT2D eigenvalue weighted by molar-refractivity contribution is 0.372. The van der Waals surface area contributed by atoms with Crippen LogP contribution in [0.2, 0.25) is 0 Å². The molecule has 4 heterocycles. The molecule has 0 spiro atoms. The average molecular weight is 521 g/mol. The Morgan fingerprint density at radius 1 is 0.943 bits per heavy atom. The van der Waals surface area contributed by atoms with Gasteiger partial charge in [0, 0.05) is 55.6 Å². The third-order valence-corrected chi connectivity index (χ3v) is 7.34. The van der Waals surface area contributed by atoms with Crippen molar-refractivity contribution < 1.29 is 4.52 Å². The van der Waals surface area contributed by atoms with Gasteiger partial charge in [-0.3, -0.25) is 0 Å². The van der Waals surface area contributed by atoms with E-state index in [1.165, 1.54) is 55.2 Å². The summed E-state index contributed by atoms with van der Waals surface area (Å²) in [7, 11) is 4.26. The highest BCUT2D eigenvalue weighted by atomic mass is 35.5. The molecule has 3 aromatic rings. The van der Waals surface area contributed by atoms with Gasteiger partial charge in [0.2, 0.25) is 0 Å². The lowest BCUT2D eigenvalue weighted by atomic mass is 9.91. The van der Waals surface area contributed by atoms with Gasteiger partial charge in [0.05, 0.1) is 5.69 Å². The summed E-state index contributed by atoms with van der Waals surface area (Å²) in [6.45, 7) is 5.35. The number of halogens is 2. The molecule has 192 valence electrons. The first-order chi connectivity index (χ1) is 16.2. The molecule has 2 aromatic heterocycles. The van der Waals surface area contributed by atoms with Crippen LogP contribution in [-0.2, 0) is 13.0 Å². The maximum absolute atomic E-state index is 6.01. The summed E-state index contributed by atoms with van der Waals surface area (Å²) in [4.78, 5) is 11.7. The SMILES string of the molecule is CN(C)Cc1c(N2CCCCC2)ccc2c(CCC3CCN(c4ccccn4)CC3)noc12.Cl.Cl. The molecule has 8 heteroatoms. The van der Waals surface area contributed by atoms with Gasteiger partial charge in [-0.2, -0.15) is 0 Å². The fraction of sp³-hybridized carbons (Fsp3) is 0.556. The zero-order chi connectivity index (χ0) is 22.6. The van der Waals surface area contributed by atoms with Crippen molar-refractivity contribution in [1.82, 2.24) is 15.0 Å². The molecule has 0 N–H and O–H groups in total. The first-order valence-corrected chi connectivity index (χ1v) is 12.6. The molecular formula is C27H39Cl2N5O. The zero-order valence-electron chi connectivity index (χ0n) is 21.0. The topological polar surface area (TPSA) is 48.6 Å². The molecule has 2 aliphatic heterocycles. The number of nitrogens with zero attached hydrogens (tertiary/aromatic N) is 5. The number of pyridine rings is 1. The van der Waals surface area contributed by atoms with Crippen LogP contribution in [0.5, 0.6) is 0 Å². The summed E-state index contributed by atoms with van der Waals surface area (Å²) in [5, 5.41) is 5.77. The van der Waals surface area contributed by atoms with E-state index in [1.807, 2.05) is 12.3 Å². The third-order valence-electron chi connectivity index (χ3n) is 7.34. The maximum Gasteiger partial charge on any atom is 0.173 e. The molecule has 0 aliphatic carbocycles. The van der Waals surface area contributed by atoms with Crippen LogP contribution < -0.4 is 9.80 Å². The number of benzene rings is 1. The largest absolute Gasteiger partial charge is 0.371 e. The normalized spacial score (nSPS) is 16.9. The number of rotatable bonds is 7. The van der Waals surface area contributed by atoms with Gasteiger partial charge in [0.1, 0.15) is 5.82 Å². The Labute approximate surface area is 221 Å². The molecule has 5 rings (SSSR count). The van der Waals surface area contributed by atoms with E-state index in [-0.39, 0.29) is 24.8 Å². The molecule has 2 fully saturated rings. The number of hydrogen-bond donors (Lipinski definition) is 0. The standard InChI is InChI=1S/C27H37N5O.2ClH/c1-30(2)20-23-25(31-16-6-3-7-17-31)12-10-22-24(29-33-27(22)23)11-9-21-13-18-32(19-14-21)26-8-4-5-15-28-26;;/h4-5,8,10,12,15,21H,3,6-7,9,11,13-14,16-20H2,1-2H3;2*1H. The molecule has 0 amide bonds. The quantitative estimate of drug-likeness (QED) is 0.383. The van der Waals surface area contributed by atoms with Crippen molar-refractivity contribution in [3.05, 3.63) is 47.8 Å². The highest BCUT2D eigenvalue weighted by Crippen LogP contribution is 2.34. The van der Waals surface area contributed by atoms with Crippen molar-refractivity contribution in [2.75, 3.05) is 50.1 Å². The minimum Gasteiger partial charge on any atom is -0.371 e. The molecule has 0 radical (unpaired) electrons. The fourth-order valence-corrected chi connectivity index (χ4v) is 5.51. The highest BCUT2D eigenvalue weighted by molar-refractivity contribution is 5.87. The Morgan fingerprint density at radius 2 is 1.71 bits per heavy atom. The molecular weight excluding hydrogens is 481 g/mol. The Morgan fingerprint density at radius 3 is 2.40 bits per heavy atom. The molecule has 0 saturated carbocycles. The third kappa shape index (κ3) is 6.41. The van der Waals surface area contributed by atoms with Gasteiger partial charge in [-0.05, 0) is 89.2 Å². The van der Waals surface area contributed by atoms with E-state index in [0.29, 0.717) is 0 Å². The van der Waals surface area contributed by atoms with E-state index in [2.05, 4.69) is 63.2 Å². The summed E-state index contributed by atoms with van der Waals surface area (Å²) in [5.41, 5.74) is 4.75. The van der Waals surface area contributed by atoms with Crippen LogP contribution in [-0.4, -0.2) is 55.3 Å². The summed E-state index contributed by atoms with van der Waals surface area (Å²) in [5.74, 6) is 1.85. The van der Waals surface area contributed by atoms with Gasteiger partial charge in [-0.15, -0.1) is 24.8 Å².